The van der Waals surface area contributed by atoms with Crippen LogP contribution in [-0.2, 0) is 14.8 Å². The van der Waals surface area contributed by atoms with Crippen molar-refractivity contribution in [1.29, 1.82) is 0 Å². The summed E-state index contributed by atoms with van der Waals surface area (Å²) in [5, 5.41) is 0. The Morgan fingerprint density at radius 1 is 1.03 bits per heavy atom. The van der Waals surface area contributed by atoms with E-state index in [2.05, 4.69) is 0 Å². The predicted molar refractivity (Wildman–Crippen MR) is 113 cm³/mol. The average Bonchev–Trinajstić information content (AvgIpc) is 2.98. The molecule has 0 aliphatic carbocycles. The zero-order valence-corrected chi connectivity index (χ0v) is 18.4. The van der Waals surface area contributed by atoms with E-state index < -0.39 is 28.4 Å². The molecule has 0 aromatic heterocycles. The number of fused-ring (bicyclic) bond motifs is 1. The van der Waals surface area contributed by atoms with Gasteiger partial charge in [-0.05, 0) is 18.2 Å². The molecule has 4 rings (SSSR count). The van der Waals surface area contributed by atoms with Crippen molar-refractivity contribution >= 4 is 27.5 Å². The van der Waals surface area contributed by atoms with Gasteiger partial charge in [0.05, 0.1) is 25.5 Å². The maximum atomic E-state index is 14.0. The fourth-order valence-electron chi connectivity index (χ4n) is 3.89. The van der Waals surface area contributed by atoms with Crippen molar-refractivity contribution in [2.24, 2.45) is 0 Å². The van der Waals surface area contributed by atoms with Gasteiger partial charge in [-0.2, -0.15) is 0 Å². The highest BCUT2D eigenvalue weighted by Gasteiger charge is 2.44. The minimum absolute atomic E-state index is 0.0696. The van der Waals surface area contributed by atoms with Gasteiger partial charge in [-0.1, -0.05) is 12.1 Å². The minimum Gasteiger partial charge on any atom is -0.493 e. The lowest BCUT2D eigenvalue weighted by Gasteiger charge is -2.36. The van der Waals surface area contributed by atoms with Crippen LogP contribution < -0.4 is 14.4 Å². The molecule has 11 heteroatoms. The lowest BCUT2D eigenvalue weighted by molar-refractivity contribution is -0.131. The summed E-state index contributed by atoms with van der Waals surface area (Å²) in [4.78, 5) is 28.7. The first-order chi connectivity index (χ1) is 15.3. The van der Waals surface area contributed by atoms with Gasteiger partial charge in [0.1, 0.15) is 17.3 Å². The first kappa shape index (κ1) is 21.9. The van der Waals surface area contributed by atoms with Crippen LogP contribution in [-0.4, -0.2) is 76.4 Å². The van der Waals surface area contributed by atoms with Gasteiger partial charge in [0.2, 0.25) is 5.91 Å². The summed E-state index contributed by atoms with van der Waals surface area (Å²) in [6, 6.07) is 8.90. The van der Waals surface area contributed by atoms with Crippen LogP contribution >= 0.6 is 0 Å². The Labute approximate surface area is 185 Å². The highest BCUT2D eigenvalue weighted by Crippen LogP contribution is 2.38. The minimum atomic E-state index is -4.21. The lowest BCUT2D eigenvalue weighted by atomic mass is 10.2. The second kappa shape index (κ2) is 8.30. The summed E-state index contributed by atoms with van der Waals surface area (Å²) < 4.78 is 50.8. The summed E-state index contributed by atoms with van der Waals surface area (Å²) in [6.07, 6.45) is 0. The highest BCUT2D eigenvalue weighted by molar-refractivity contribution is 7.90. The second-order valence-corrected chi connectivity index (χ2v) is 9.17. The standard InChI is InChI=1S/C21H22FN3O6S/c1-30-17-11-14-19(12-18(17)31-2)32(28,29)25(21(14)27)13-20(26)24-9-7-23(8-10-24)16-6-4-3-5-15(16)22/h3-6,11-12H,7-10,13H2,1-2H3. The van der Waals surface area contributed by atoms with Crippen LogP contribution in [0.3, 0.4) is 0 Å². The van der Waals surface area contributed by atoms with Crippen molar-refractivity contribution in [2.75, 3.05) is 51.8 Å². The van der Waals surface area contributed by atoms with E-state index in [4.69, 9.17) is 9.47 Å². The van der Waals surface area contributed by atoms with Crippen LogP contribution in [0.2, 0.25) is 0 Å². The van der Waals surface area contributed by atoms with Crippen molar-refractivity contribution in [1.82, 2.24) is 9.21 Å². The maximum Gasteiger partial charge on any atom is 0.269 e. The second-order valence-electron chi connectivity index (χ2n) is 7.34. The van der Waals surface area contributed by atoms with Crippen LogP contribution in [0.4, 0.5) is 10.1 Å². The topological polar surface area (TPSA) is 96.5 Å². The molecule has 0 spiro atoms. The van der Waals surface area contributed by atoms with Gasteiger partial charge >= 0.3 is 0 Å². The van der Waals surface area contributed by atoms with E-state index in [0.717, 1.165) is 0 Å². The Hall–Kier alpha value is -3.34. The number of hydrogen-bond acceptors (Lipinski definition) is 7. The quantitative estimate of drug-likeness (QED) is 0.660. The molecule has 9 nitrogen and oxygen atoms in total. The van der Waals surface area contributed by atoms with E-state index in [-0.39, 0.29) is 40.9 Å². The van der Waals surface area contributed by atoms with Crippen LogP contribution in [0.5, 0.6) is 11.5 Å². The molecule has 0 radical (unpaired) electrons. The summed E-state index contributed by atoms with van der Waals surface area (Å²) in [5.74, 6) is -1.25. The molecule has 1 fully saturated rings. The molecule has 2 aliphatic heterocycles. The summed E-state index contributed by atoms with van der Waals surface area (Å²) >= 11 is 0. The number of sulfonamides is 1. The zero-order valence-electron chi connectivity index (χ0n) is 17.6. The van der Waals surface area contributed by atoms with E-state index in [0.29, 0.717) is 23.1 Å². The average molecular weight is 463 g/mol. The Bertz CT molecular complexity index is 1180. The Kier molecular flexibility index (Phi) is 5.68. The number of benzene rings is 2. The van der Waals surface area contributed by atoms with Crippen molar-refractivity contribution in [3.05, 3.63) is 47.8 Å². The number of nitrogens with zero attached hydrogens (tertiary/aromatic N) is 3. The van der Waals surface area contributed by atoms with Crippen LogP contribution in [0.25, 0.3) is 0 Å². The molecule has 1 saturated heterocycles. The van der Waals surface area contributed by atoms with Crippen molar-refractivity contribution < 1.29 is 31.9 Å². The van der Waals surface area contributed by atoms with E-state index in [1.165, 1.54) is 37.3 Å². The molecular weight excluding hydrogens is 441 g/mol. The largest absolute Gasteiger partial charge is 0.493 e. The summed E-state index contributed by atoms with van der Waals surface area (Å²) in [5.41, 5.74) is 0.384. The number of amides is 2. The molecule has 32 heavy (non-hydrogen) atoms. The number of carbonyl (C=O) groups is 2. The third-order valence-electron chi connectivity index (χ3n) is 5.62. The van der Waals surface area contributed by atoms with E-state index >= 15 is 0 Å². The highest BCUT2D eigenvalue weighted by atomic mass is 32.2. The van der Waals surface area contributed by atoms with Gasteiger partial charge in [-0.3, -0.25) is 9.59 Å². The molecule has 0 unspecified atom stereocenters. The number of hydrogen-bond donors (Lipinski definition) is 0. The molecule has 2 aromatic carbocycles. The molecule has 2 aliphatic rings. The van der Waals surface area contributed by atoms with Crippen LogP contribution in [0, 0.1) is 5.82 Å². The summed E-state index contributed by atoms with van der Waals surface area (Å²) in [7, 11) is -1.47. The fraction of sp³-hybridized carbons (Fsp3) is 0.333. The number of carbonyl (C=O) groups excluding carboxylic acids is 2. The molecule has 2 amide bonds. The van der Waals surface area contributed by atoms with Crippen molar-refractivity contribution in [3.8, 4) is 11.5 Å². The number of rotatable bonds is 5. The number of para-hydroxylation sites is 1. The number of methoxy groups -OCH3 is 2. The van der Waals surface area contributed by atoms with E-state index in [1.54, 1.807) is 18.2 Å². The van der Waals surface area contributed by atoms with Gasteiger partial charge < -0.3 is 19.3 Å². The molecule has 0 saturated carbocycles. The zero-order chi connectivity index (χ0) is 23.0. The van der Waals surface area contributed by atoms with Crippen LogP contribution in [0.15, 0.2) is 41.3 Å². The number of anilines is 1. The molecule has 2 aromatic rings. The maximum absolute atomic E-state index is 14.0. The smallest absolute Gasteiger partial charge is 0.269 e. The van der Waals surface area contributed by atoms with Gasteiger partial charge in [-0.25, -0.2) is 17.1 Å². The Morgan fingerprint density at radius 3 is 2.28 bits per heavy atom. The summed E-state index contributed by atoms with van der Waals surface area (Å²) in [6.45, 7) is 0.734. The molecule has 170 valence electrons. The fourth-order valence-corrected chi connectivity index (χ4v) is 5.40. The molecule has 0 atom stereocenters. The first-order valence-electron chi connectivity index (χ1n) is 9.88. The van der Waals surface area contributed by atoms with Crippen LogP contribution in [0.1, 0.15) is 10.4 Å². The van der Waals surface area contributed by atoms with Gasteiger partial charge in [0, 0.05) is 32.2 Å². The number of ether oxygens (including phenoxy) is 2. The van der Waals surface area contributed by atoms with Gasteiger partial charge in [-0.15, -0.1) is 0 Å². The molecule has 0 N–H and O–H groups in total. The number of piperazine rings is 1. The first-order valence-corrected chi connectivity index (χ1v) is 11.3. The van der Waals surface area contributed by atoms with Crippen molar-refractivity contribution in [2.45, 2.75) is 4.90 Å². The lowest BCUT2D eigenvalue weighted by Crippen LogP contribution is -2.52. The van der Waals surface area contributed by atoms with E-state index in [1.807, 2.05) is 4.90 Å². The molecular formula is C21H22FN3O6S. The Balaban J connectivity index is 1.48. The predicted octanol–water partition coefficient (Wildman–Crippen LogP) is 1.34. The molecule has 0 bridgehead atoms. The normalized spacial score (nSPS) is 17.3. The van der Waals surface area contributed by atoms with Gasteiger partial charge in [0.15, 0.2) is 11.5 Å². The number of halogens is 1. The molecule has 2 heterocycles. The van der Waals surface area contributed by atoms with Crippen molar-refractivity contribution in [3.63, 3.8) is 0 Å². The van der Waals surface area contributed by atoms with E-state index in [9.17, 15) is 22.4 Å². The third kappa shape index (κ3) is 3.62. The third-order valence-corrected chi connectivity index (χ3v) is 7.38. The monoisotopic (exact) mass is 463 g/mol. The SMILES string of the molecule is COc1cc2c(cc1OC)S(=O)(=O)N(CC(=O)N1CCN(c3ccccc3F)CC1)C2=O. The Morgan fingerprint density at radius 2 is 1.66 bits per heavy atom. The van der Waals surface area contributed by atoms with Gasteiger partial charge in [0.25, 0.3) is 15.9 Å².